The number of carbonyl (C=O) groups excluding carboxylic acids is 1. The lowest BCUT2D eigenvalue weighted by molar-refractivity contribution is 0.102. The average Bonchev–Trinajstić information content (AvgIpc) is 2.62. The van der Waals surface area contributed by atoms with Gasteiger partial charge in [-0.25, -0.2) is 8.42 Å². The van der Waals surface area contributed by atoms with Gasteiger partial charge in [-0.1, -0.05) is 30.2 Å². The van der Waals surface area contributed by atoms with E-state index < -0.39 is 10.0 Å². The molecular formula is C18H19ClN2O3S. The Bertz CT molecular complexity index is 877. The summed E-state index contributed by atoms with van der Waals surface area (Å²) in [6.07, 6.45) is 2.79. The van der Waals surface area contributed by atoms with Crippen molar-refractivity contribution in [3.63, 3.8) is 0 Å². The zero-order chi connectivity index (χ0) is 17.9. The number of hydrogen-bond acceptors (Lipinski definition) is 3. The van der Waals surface area contributed by atoms with Crippen LogP contribution in [0.15, 0.2) is 53.4 Å². The number of piperidine rings is 1. The maximum absolute atomic E-state index is 12.7. The summed E-state index contributed by atoms with van der Waals surface area (Å²) >= 11 is 5.91. The van der Waals surface area contributed by atoms with Crippen LogP contribution in [0.5, 0.6) is 0 Å². The zero-order valence-corrected chi connectivity index (χ0v) is 15.2. The highest BCUT2D eigenvalue weighted by atomic mass is 35.5. The first-order chi connectivity index (χ1) is 12.0. The highest BCUT2D eigenvalue weighted by Crippen LogP contribution is 2.22. The Morgan fingerprint density at radius 2 is 1.72 bits per heavy atom. The number of anilines is 1. The number of nitrogens with zero attached hydrogens (tertiary/aromatic N) is 1. The van der Waals surface area contributed by atoms with E-state index in [0.717, 1.165) is 19.3 Å². The van der Waals surface area contributed by atoms with E-state index in [-0.39, 0.29) is 16.4 Å². The second-order valence-corrected chi connectivity index (χ2v) is 8.33. The average molecular weight is 379 g/mol. The fourth-order valence-corrected chi connectivity index (χ4v) is 4.58. The van der Waals surface area contributed by atoms with Gasteiger partial charge in [0, 0.05) is 29.4 Å². The van der Waals surface area contributed by atoms with Crippen LogP contribution >= 0.6 is 11.6 Å². The highest BCUT2D eigenvalue weighted by Gasteiger charge is 2.26. The molecule has 3 rings (SSSR count). The lowest BCUT2D eigenvalue weighted by atomic mass is 10.2. The van der Waals surface area contributed by atoms with Crippen LogP contribution in [-0.2, 0) is 10.0 Å². The van der Waals surface area contributed by atoms with E-state index in [1.165, 1.54) is 16.4 Å². The molecule has 0 saturated carbocycles. The van der Waals surface area contributed by atoms with Gasteiger partial charge in [-0.05, 0) is 49.2 Å². The summed E-state index contributed by atoms with van der Waals surface area (Å²) in [5, 5.41) is 3.24. The zero-order valence-electron chi connectivity index (χ0n) is 13.6. The first kappa shape index (κ1) is 17.9. The van der Waals surface area contributed by atoms with Crippen LogP contribution in [0.1, 0.15) is 29.6 Å². The first-order valence-electron chi connectivity index (χ1n) is 8.14. The van der Waals surface area contributed by atoms with Crippen LogP contribution in [0.3, 0.4) is 0 Å². The summed E-state index contributed by atoms with van der Waals surface area (Å²) in [5.41, 5.74) is 0.847. The van der Waals surface area contributed by atoms with E-state index >= 15 is 0 Å². The van der Waals surface area contributed by atoms with Crippen molar-refractivity contribution >= 4 is 33.2 Å². The molecule has 0 spiro atoms. The van der Waals surface area contributed by atoms with Crippen molar-refractivity contribution in [3.8, 4) is 0 Å². The predicted molar refractivity (Wildman–Crippen MR) is 98.5 cm³/mol. The van der Waals surface area contributed by atoms with E-state index in [1.54, 1.807) is 36.4 Å². The third-order valence-electron chi connectivity index (χ3n) is 4.13. The van der Waals surface area contributed by atoms with Gasteiger partial charge in [0.2, 0.25) is 10.0 Å². The van der Waals surface area contributed by atoms with Gasteiger partial charge < -0.3 is 5.32 Å². The number of amides is 1. The standard InChI is InChI=1S/C18H19ClN2O3S/c19-15-7-5-8-16(13-15)20-18(22)14-6-4-9-17(12-14)25(23,24)21-10-2-1-3-11-21/h4-9,12-13H,1-3,10-11H2,(H,20,22). The van der Waals surface area contributed by atoms with E-state index in [0.29, 0.717) is 23.8 Å². The summed E-state index contributed by atoms with van der Waals surface area (Å²) in [4.78, 5) is 12.6. The number of benzene rings is 2. The predicted octanol–water partition coefficient (Wildman–Crippen LogP) is 3.77. The maximum atomic E-state index is 12.7. The van der Waals surface area contributed by atoms with Crippen molar-refractivity contribution in [1.82, 2.24) is 4.31 Å². The largest absolute Gasteiger partial charge is 0.322 e. The van der Waals surface area contributed by atoms with Crippen molar-refractivity contribution in [3.05, 3.63) is 59.1 Å². The van der Waals surface area contributed by atoms with Gasteiger partial charge in [0.25, 0.3) is 5.91 Å². The van der Waals surface area contributed by atoms with Gasteiger partial charge in [0.15, 0.2) is 0 Å². The molecule has 132 valence electrons. The van der Waals surface area contributed by atoms with Gasteiger partial charge >= 0.3 is 0 Å². The SMILES string of the molecule is O=C(Nc1cccc(Cl)c1)c1cccc(S(=O)(=O)N2CCCCC2)c1. The number of hydrogen-bond donors (Lipinski definition) is 1. The van der Waals surface area contributed by atoms with Crippen LogP contribution in [-0.4, -0.2) is 31.7 Å². The molecule has 1 saturated heterocycles. The minimum atomic E-state index is -3.57. The first-order valence-corrected chi connectivity index (χ1v) is 9.96. The lowest BCUT2D eigenvalue weighted by Crippen LogP contribution is -2.35. The van der Waals surface area contributed by atoms with Crippen molar-refractivity contribution in [2.75, 3.05) is 18.4 Å². The highest BCUT2D eigenvalue weighted by molar-refractivity contribution is 7.89. The monoisotopic (exact) mass is 378 g/mol. The molecule has 0 bridgehead atoms. The molecule has 7 heteroatoms. The minimum Gasteiger partial charge on any atom is -0.322 e. The molecule has 0 aromatic heterocycles. The molecule has 2 aromatic rings. The van der Waals surface area contributed by atoms with E-state index in [1.807, 2.05) is 0 Å². The van der Waals surface area contributed by atoms with Crippen LogP contribution in [0.25, 0.3) is 0 Å². The summed E-state index contributed by atoms with van der Waals surface area (Å²) < 4.78 is 27.0. The van der Waals surface area contributed by atoms with Crippen LogP contribution < -0.4 is 5.32 Å². The number of rotatable bonds is 4. The molecule has 1 heterocycles. The third kappa shape index (κ3) is 4.21. The second-order valence-electron chi connectivity index (χ2n) is 5.96. The number of halogens is 1. The molecule has 1 aliphatic rings. The van der Waals surface area contributed by atoms with Crippen LogP contribution in [0.4, 0.5) is 5.69 Å². The quantitative estimate of drug-likeness (QED) is 0.880. The molecule has 0 radical (unpaired) electrons. The molecule has 1 amide bonds. The summed E-state index contributed by atoms with van der Waals surface area (Å²) in [5.74, 6) is -0.377. The fourth-order valence-electron chi connectivity index (χ4n) is 2.82. The Morgan fingerprint density at radius 1 is 1.00 bits per heavy atom. The molecule has 25 heavy (non-hydrogen) atoms. The fraction of sp³-hybridized carbons (Fsp3) is 0.278. The van der Waals surface area contributed by atoms with Crippen LogP contribution in [0, 0.1) is 0 Å². The normalized spacial score (nSPS) is 15.7. The van der Waals surface area contributed by atoms with Gasteiger partial charge in [0.05, 0.1) is 4.90 Å². The summed E-state index contributed by atoms with van der Waals surface area (Å²) in [7, 11) is -3.57. The Morgan fingerprint density at radius 3 is 2.44 bits per heavy atom. The number of sulfonamides is 1. The molecular weight excluding hydrogens is 360 g/mol. The van der Waals surface area contributed by atoms with E-state index in [2.05, 4.69) is 5.32 Å². The maximum Gasteiger partial charge on any atom is 0.255 e. The molecule has 1 N–H and O–H groups in total. The third-order valence-corrected chi connectivity index (χ3v) is 6.26. The number of carbonyl (C=O) groups is 1. The molecule has 1 aliphatic heterocycles. The van der Waals surface area contributed by atoms with Crippen LogP contribution in [0.2, 0.25) is 5.02 Å². The summed E-state index contributed by atoms with van der Waals surface area (Å²) in [6, 6.07) is 12.9. The topological polar surface area (TPSA) is 66.5 Å². The molecule has 0 unspecified atom stereocenters. The Balaban J connectivity index is 1.82. The summed E-state index contributed by atoms with van der Waals surface area (Å²) in [6.45, 7) is 1.06. The minimum absolute atomic E-state index is 0.146. The van der Waals surface area contributed by atoms with E-state index in [4.69, 9.17) is 11.6 Å². The lowest BCUT2D eigenvalue weighted by Gasteiger charge is -2.26. The molecule has 1 fully saturated rings. The molecule has 5 nitrogen and oxygen atoms in total. The van der Waals surface area contributed by atoms with Gasteiger partial charge in [-0.15, -0.1) is 0 Å². The smallest absolute Gasteiger partial charge is 0.255 e. The molecule has 2 aromatic carbocycles. The van der Waals surface area contributed by atoms with Crippen molar-refractivity contribution in [2.24, 2.45) is 0 Å². The Kier molecular flexibility index (Phi) is 5.42. The van der Waals surface area contributed by atoms with Gasteiger partial charge in [-0.3, -0.25) is 4.79 Å². The molecule has 0 atom stereocenters. The van der Waals surface area contributed by atoms with Crippen molar-refractivity contribution in [2.45, 2.75) is 24.2 Å². The Hall–Kier alpha value is -1.89. The van der Waals surface area contributed by atoms with E-state index in [9.17, 15) is 13.2 Å². The number of nitrogens with one attached hydrogen (secondary N) is 1. The second kappa shape index (κ2) is 7.56. The van der Waals surface area contributed by atoms with Crippen molar-refractivity contribution in [1.29, 1.82) is 0 Å². The molecule has 0 aliphatic carbocycles. The Labute approximate surface area is 152 Å². The van der Waals surface area contributed by atoms with Gasteiger partial charge in [-0.2, -0.15) is 4.31 Å². The van der Waals surface area contributed by atoms with Gasteiger partial charge in [0.1, 0.15) is 0 Å². The van der Waals surface area contributed by atoms with Crippen molar-refractivity contribution < 1.29 is 13.2 Å².